The summed E-state index contributed by atoms with van der Waals surface area (Å²) in [7, 11) is -3.79. The predicted molar refractivity (Wildman–Crippen MR) is 83.6 cm³/mol. The minimum absolute atomic E-state index is 0.112. The van der Waals surface area contributed by atoms with Crippen LogP contribution in [0.3, 0.4) is 0 Å². The molecule has 0 amide bonds. The highest BCUT2D eigenvalue weighted by molar-refractivity contribution is 7.89. The van der Waals surface area contributed by atoms with Crippen LogP contribution in [0.25, 0.3) is 0 Å². The van der Waals surface area contributed by atoms with Gasteiger partial charge in [-0.1, -0.05) is 13.8 Å². The third-order valence-electron chi connectivity index (χ3n) is 3.09. The summed E-state index contributed by atoms with van der Waals surface area (Å²) in [6.07, 6.45) is 1.01. The lowest BCUT2D eigenvalue weighted by Gasteiger charge is -2.19. The average molecular weight is 334 g/mol. The fourth-order valence-corrected chi connectivity index (χ4v) is 4.72. The smallest absolute Gasteiger partial charge is 0.347 e. The van der Waals surface area contributed by atoms with Gasteiger partial charge in [-0.05, 0) is 37.4 Å². The number of likely N-dealkylation sites (N-methyl/N-ethyl adjacent to an activating group) is 1. The third-order valence-corrected chi connectivity index (χ3v) is 5.95. The largest absolute Gasteiger partial charge is 0.477 e. The van der Waals surface area contributed by atoms with Crippen molar-refractivity contribution >= 4 is 27.3 Å². The number of aromatic carboxylic acids is 1. The molecule has 0 saturated heterocycles. The fraction of sp³-hybridized carbons (Fsp3) is 0.615. The van der Waals surface area contributed by atoms with Crippen molar-refractivity contribution in [2.75, 3.05) is 26.2 Å². The summed E-state index contributed by atoms with van der Waals surface area (Å²) in [5, 5.41) is 10.6. The first-order valence-corrected chi connectivity index (χ1v) is 9.23. The summed E-state index contributed by atoms with van der Waals surface area (Å²) in [5.74, 6) is -1.21. The predicted octanol–water partition coefficient (Wildman–Crippen LogP) is 1.76. The number of sulfonamides is 1. The van der Waals surface area contributed by atoms with Gasteiger partial charge in [0.2, 0.25) is 10.0 Å². The van der Waals surface area contributed by atoms with Crippen molar-refractivity contribution in [2.24, 2.45) is 0 Å². The van der Waals surface area contributed by atoms with Gasteiger partial charge in [0.25, 0.3) is 0 Å². The second-order valence-electron chi connectivity index (χ2n) is 4.71. The van der Waals surface area contributed by atoms with Crippen LogP contribution in [0, 0.1) is 6.92 Å². The molecule has 120 valence electrons. The first kappa shape index (κ1) is 18.1. The lowest BCUT2D eigenvalue weighted by Crippen LogP contribution is -2.35. The summed E-state index contributed by atoms with van der Waals surface area (Å²) in [5.41, 5.74) is 0.464. The molecule has 0 bridgehead atoms. The zero-order chi connectivity index (χ0) is 16.0. The summed E-state index contributed by atoms with van der Waals surface area (Å²) in [4.78, 5) is 13.0. The van der Waals surface area contributed by atoms with E-state index in [1.165, 1.54) is 0 Å². The number of thiophene rings is 1. The molecule has 21 heavy (non-hydrogen) atoms. The van der Waals surface area contributed by atoms with Gasteiger partial charge in [-0.15, -0.1) is 11.3 Å². The number of carboxylic acid groups (broad SMARTS) is 1. The Morgan fingerprint density at radius 2 is 2.05 bits per heavy atom. The van der Waals surface area contributed by atoms with E-state index in [2.05, 4.69) is 16.5 Å². The van der Waals surface area contributed by atoms with Crippen molar-refractivity contribution in [3.05, 3.63) is 15.8 Å². The van der Waals surface area contributed by atoms with E-state index in [0.29, 0.717) is 12.1 Å². The highest BCUT2D eigenvalue weighted by Crippen LogP contribution is 2.26. The highest BCUT2D eigenvalue weighted by atomic mass is 32.2. The first-order valence-electron chi connectivity index (χ1n) is 6.86. The molecule has 0 fully saturated rings. The van der Waals surface area contributed by atoms with E-state index in [1.54, 1.807) is 12.3 Å². The molecular formula is C13H22N2O4S2. The molecule has 1 rings (SSSR count). The van der Waals surface area contributed by atoms with Crippen molar-refractivity contribution in [1.82, 2.24) is 9.62 Å². The Balaban J connectivity index is 2.79. The Morgan fingerprint density at radius 3 is 2.57 bits per heavy atom. The average Bonchev–Trinajstić information content (AvgIpc) is 2.80. The molecule has 0 radical (unpaired) electrons. The van der Waals surface area contributed by atoms with Gasteiger partial charge < -0.3 is 10.0 Å². The maximum atomic E-state index is 12.3. The zero-order valence-corrected chi connectivity index (χ0v) is 14.2. The Bertz CT molecular complexity index is 581. The molecule has 0 spiro atoms. The Morgan fingerprint density at radius 1 is 1.38 bits per heavy atom. The second kappa shape index (κ2) is 7.88. The minimum Gasteiger partial charge on any atom is -0.477 e. The van der Waals surface area contributed by atoms with Gasteiger partial charge in [0.05, 0.1) is 0 Å². The molecule has 0 aromatic carbocycles. The number of carboxylic acids is 1. The molecule has 2 N–H and O–H groups in total. The molecule has 0 aliphatic carbocycles. The van der Waals surface area contributed by atoms with Crippen LogP contribution in [0.4, 0.5) is 0 Å². The molecule has 6 nitrogen and oxygen atoms in total. The Kier molecular flexibility index (Phi) is 6.79. The van der Waals surface area contributed by atoms with Crippen molar-refractivity contribution < 1.29 is 18.3 Å². The van der Waals surface area contributed by atoms with Gasteiger partial charge in [-0.25, -0.2) is 17.9 Å². The van der Waals surface area contributed by atoms with Crippen molar-refractivity contribution in [2.45, 2.75) is 32.1 Å². The van der Waals surface area contributed by atoms with E-state index in [-0.39, 0.29) is 16.3 Å². The number of carbonyl (C=O) groups is 1. The van der Waals surface area contributed by atoms with Gasteiger partial charge in [-0.2, -0.15) is 0 Å². The molecule has 1 heterocycles. The fourth-order valence-electron chi connectivity index (χ4n) is 2.07. The van der Waals surface area contributed by atoms with E-state index in [4.69, 9.17) is 5.11 Å². The van der Waals surface area contributed by atoms with Crippen molar-refractivity contribution in [3.8, 4) is 0 Å². The van der Waals surface area contributed by atoms with E-state index in [9.17, 15) is 13.2 Å². The number of aryl methyl sites for hydroxylation is 1. The van der Waals surface area contributed by atoms with E-state index in [1.807, 2.05) is 6.92 Å². The highest BCUT2D eigenvalue weighted by Gasteiger charge is 2.26. The van der Waals surface area contributed by atoms with Crippen LogP contribution >= 0.6 is 11.3 Å². The summed E-state index contributed by atoms with van der Waals surface area (Å²) < 4.78 is 27.1. The molecule has 8 heteroatoms. The first-order chi connectivity index (χ1) is 9.83. The molecule has 1 aromatic rings. The van der Waals surface area contributed by atoms with Crippen LogP contribution in [0.15, 0.2) is 10.3 Å². The van der Waals surface area contributed by atoms with Gasteiger partial charge in [0.1, 0.15) is 9.77 Å². The van der Waals surface area contributed by atoms with E-state index in [0.717, 1.165) is 30.8 Å². The standard InChI is InChI=1S/C13H22N2O4S2/c1-4-7-15(5-2)8-6-14-21(18,19)12-10(3)9-20-11(12)13(16)17/h9,14H,4-8H2,1-3H3,(H,16,17). The van der Waals surface area contributed by atoms with Crippen LogP contribution in [0.2, 0.25) is 0 Å². The molecule has 0 unspecified atom stereocenters. The van der Waals surface area contributed by atoms with Crippen LogP contribution < -0.4 is 4.72 Å². The lowest BCUT2D eigenvalue weighted by molar-refractivity contribution is 0.0698. The maximum Gasteiger partial charge on any atom is 0.347 e. The second-order valence-corrected chi connectivity index (χ2v) is 7.30. The SMILES string of the molecule is CCCN(CC)CCNS(=O)(=O)c1c(C)csc1C(=O)O. The molecular weight excluding hydrogens is 312 g/mol. The quantitative estimate of drug-likeness (QED) is 0.719. The van der Waals surface area contributed by atoms with Gasteiger partial charge >= 0.3 is 5.97 Å². The normalized spacial score (nSPS) is 12.0. The van der Waals surface area contributed by atoms with Crippen LogP contribution in [-0.4, -0.2) is 50.6 Å². The minimum atomic E-state index is -3.79. The lowest BCUT2D eigenvalue weighted by atomic mass is 10.3. The Hall–Kier alpha value is -0.960. The number of rotatable bonds is 9. The third kappa shape index (κ3) is 4.77. The summed E-state index contributed by atoms with van der Waals surface area (Å²) in [6.45, 7) is 8.34. The van der Waals surface area contributed by atoms with Crippen LogP contribution in [-0.2, 0) is 10.0 Å². The van der Waals surface area contributed by atoms with Crippen molar-refractivity contribution in [1.29, 1.82) is 0 Å². The topological polar surface area (TPSA) is 86.7 Å². The molecule has 0 aliphatic heterocycles. The monoisotopic (exact) mass is 334 g/mol. The van der Waals surface area contributed by atoms with Crippen LogP contribution in [0.1, 0.15) is 35.5 Å². The van der Waals surface area contributed by atoms with Gasteiger partial charge in [0, 0.05) is 13.1 Å². The number of hydrogen-bond donors (Lipinski definition) is 2. The van der Waals surface area contributed by atoms with E-state index < -0.39 is 16.0 Å². The molecule has 0 saturated carbocycles. The van der Waals surface area contributed by atoms with Gasteiger partial charge in [-0.3, -0.25) is 0 Å². The summed E-state index contributed by atoms with van der Waals surface area (Å²) in [6, 6.07) is 0. The molecule has 1 aromatic heterocycles. The van der Waals surface area contributed by atoms with Crippen LogP contribution in [0.5, 0.6) is 0 Å². The molecule has 0 atom stereocenters. The number of nitrogens with one attached hydrogen (secondary N) is 1. The van der Waals surface area contributed by atoms with Gasteiger partial charge in [0.15, 0.2) is 0 Å². The van der Waals surface area contributed by atoms with Crippen molar-refractivity contribution in [3.63, 3.8) is 0 Å². The zero-order valence-electron chi connectivity index (χ0n) is 12.5. The maximum absolute atomic E-state index is 12.3. The summed E-state index contributed by atoms with van der Waals surface area (Å²) >= 11 is 0.934. The van der Waals surface area contributed by atoms with E-state index >= 15 is 0 Å². The molecule has 0 aliphatic rings. The number of hydrogen-bond acceptors (Lipinski definition) is 5. The Labute approximate surface area is 129 Å². The number of nitrogens with zero attached hydrogens (tertiary/aromatic N) is 1.